The third kappa shape index (κ3) is 4.25. The lowest BCUT2D eigenvalue weighted by Gasteiger charge is -2.23. The van der Waals surface area contributed by atoms with Crippen LogP contribution >= 0.6 is 0 Å². The number of aliphatic carboxylic acids is 1. The summed E-state index contributed by atoms with van der Waals surface area (Å²) >= 11 is 0. The first-order valence-electron chi connectivity index (χ1n) is 6.17. The molecule has 2 N–H and O–H groups in total. The van der Waals surface area contributed by atoms with Crippen molar-refractivity contribution in [3.8, 4) is 0 Å². The van der Waals surface area contributed by atoms with E-state index in [4.69, 9.17) is 5.11 Å². The van der Waals surface area contributed by atoms with Crippen LogP contribution in [0.15, 0.2) is 30.3 Å². The second-order valence-corrected chi connectivity index (χ2v) is 4.73. The molecule has 1 unspecified atom stereocenters. The van der Waals surface area contributed by atoms with Gasteiger partial charge >= 0.3 is 5.97 Å². The number of carbonyl (C=O) groups excluding carboxylic acids is 1. The summed E-state index contributed by atoms with van der Waals surface area (Å²) in [5.74, 6) is -1.44. The van der Waals surface area contributed by atoms with E-state index in [9.17, 15) is 9.59 Å². The van der Waals surface area contributed by atoms with Crippen LogP contribution in [0.5, 0.6) is 0 Å². The Labute approximate surface area is 113 Å². The van der Waals surface area contributed by atoms with Crippen LogP contribution < -0.4 is 5.32 Å². The highest BCUT2D eigenvalue weighted by atomic mass is 16.4. The Morgan fingerprint density at radius 2 is 2.11 bits per heavy atom. The van der Waals surface area contributed by atoms with Crippen LogP contribution in [0, 0.1) is 6.92 Å². The smallest absolute Gasteiger partial charge is 0.329 e. The Hall–Kier alpha value is -2.10. The van der Waals surface area contributed by atoms with Crippen molar-refractivity contribution in [2.24, 2.45) is 0 Å². The molecule has 0 spiro atoms. The second kappa shape index (κ2) is 6.18. The molecule has 0 fully saturated rings. The number of carboxylic acid groups (broad SMARTS) is 1. The molecule has 0 aliphatic carbocycles. The van der Waals surface area contributed by atoms with E-state index in [1.807, 2.05) is 31.2 Å². The predicted octanol–water partition coefficient (Wildman–Crippen LogP) is 2.38. The number of nitrogens with one attached hydrogen (secondary N) is 1. The van der Waals surface area contributed by atoms with E-state index in [0.29, 0.717) is 6.42 Å². The van der Waals surface area contributed by atoms with Gasteiger partial charge in [0.2, 0.25) is 5.91 Å². The highest BCUT2D eigenvalue weighted by Gasteiger charge is 2.31. The van der Waals surface area contributed by atoms with Crippen LogP contribution in [0.3, 0.4) is 0 Å². The average molecular weight is 261 g/mol. The molecule has 102 valence electrons. The summed E-state index contributed by atoms with van der Waals surface area (Å²) in [5.41, 5.74) is 0.781. The summed E-state index contributed by atoms with van der Waals surface area (Å²) in [6.45, 7) is 5.18. The lowest BCUT2D eigenvalue weighted by Crippen LogP contribution is -2.51. The average Bonchev–Trinajstić information content (AvgIpc) is 2.36. The summed E-state index contributed by atoms with van der Waals surface area (Å²) < 4.78 is 0. The number of carboxylic acids is 1. The quantitative estimate of drug-likeness (QED) is 0.800. The maximum Gasteiger partial charge on any atom is 0.329 e. The zero-order valence-corrected chi connectivity index (χ0v) is 11.4. The molecule has 0 aliphatic rings. The standard InChI is InChI=1S/C15H19NO3/c1-4-15(3,14(18)19)16-13(17)9-8-12-7-5-6-11(2)10-12/h5-10H,4H2,1-3H3,(H,16,17)(H,18,19). The molecule has 0 saturated carbocycles. The van der Waals surface area contributed by atoms with Crippen LogP contribution in [0.1, 0.15) is 31.4 Å². The Balaban J connectivity index is 2.73. The van der Waals surface area contributed by atoms with Gasteiger partial charge in [0.25, 0.3) is 0 Å². The molecule has 1 atom stereocenters. The topological polar surface area (TPSA) is 66.4 Å². The van der Waals surface area contributed by atoms with Crippen LogP contribution in [-0.2, 0) is 9.59 Å². The highest BCUT2D eigenvalue weighted by molar-refractivity contribution is 5.95. The summed E-state index contributed by atoms with van der Waals surface area (Å²) in [6.07, 6.45) is 3.35. The van der Waals surface area contributed by atoms with Crippen molar-refractivity contribution in [3.05, 3.63) is 41.5 Å². The molecule has 4 heteroatoms. The van der Waals surface area contributed by atoms with Gasteiger partial charge < -0.3 is 10.4 Å². The highest BCUT2D eigenvalue weighted by Crippen LogP contribution is 2.10. The van der Waals surface area contributed by atoms with Crippen molar-refractivity contribution in [1.29, 1.82) is 0 Å². The molecule has 0 aromatic heterocycles. The molecule has 0 radical (unpaired) electrons. The summed E-state index contributed by atoms with van der Waals surface area (Å²) in [5, 5.41) is 11.6. The first-order valence-corrected chi connectivity index (χ1v) is 6.17. The van der Waals surface area contributed by atoms with E-state index in [2.05, 4.69) is 5.32 Å². The minimum Gasteiger partial charge on any atom is -0.480 e. The minimum absolute atomic E-state index is 0.326. The number of aryl methyl sites for hydroxylation is 1. The van der Waals surface area contributed by atoms with Crippen molar-refractivity contribution in [2.75, 3.05) is 0 Å². The summed E-state index contributed by atoms with van der Waals surface area (Å²) in [6, 6.07) is 7.70. The molecule has 1 aromatic carbocycles. The Kier molecular flexibility index (Phi) is 4.87. The molecular weight excluding hydrogens is 242 g/mol. The third-order valence-corrected chi connectivity index (χ3v) is 3.05. The van der Waals surface area contributed by atoms with Crippen molar-refractivity contribution in [3.63, 3.8) is 0 Å². The van der Waals surface area contributed by atoms with Crippen molar-refractivity contribution < 1.29 is 14.7 Å². The van der Waals surface area contributed by atoms with Crippen LogP contribution in [-0.4, -0.2) is 22.5 Å². The zero-order chi connectivity index (χ0) is 14.5. The molecular formula is C15H19NO3. The number of benzene rings is 1. The second-order valence-electron chi connectivity index (χ2n) is 4.73. The third-order valence-electron chi connectivity index (χ3n) is 3.05. The largest absolute Gasteiger partial charge is 0.480 e. The monoisotopic (exact) mass is 261 g/mol. The molecule has 1 rings (SSSR count). The van der Waals surface area contributed by atoms with Crippen LogP contribution in [0.4, 0.5) is 0 Å². The number of hydrogen-bond acceptors (Lipinski definition) is 2. The summed E-state index contributed by atoms with van der Waals surface area (Å²) in [4.78, 5) is 22.8. The molecule has 1 aromatic rings. The first kappa shape index (κ1) is 15.0. The van der Waals surface area contributed by atoms with E-state index >= 15 is 0 Å². The SMILES string of the molecule is CCC(C)(NC(=O)C=Cc1cccc(C)c1)C(=O)O. The number of amides is 1. The van der Waals surface area contributed by atoms with Crippen molar-refractivity contribution in [1.82, 2.24) is 5.32 Å². The van der Waals surface area contributed by atoms with Gasteiger partial charge in [0.05, 0.1) is 0 Å². The maximum atomic E-state index is 11.7. The number of rotatable bonds is 5. The molecule has 0 bridgehead atoms. The Bertz CT molecular complexity index is 508. The zero-order valence-electron chi connectivity index (χ0n) is 11.4. The minimum atomic E-state index is -1.23. The molecule has 0 saturated heterocycles. The summed E-state index contributed by atoms with van der Waals surface area (Å²) in [7, 11) is 0. The van der Waals surface area contributed by atoms with Gasteiger partial charge in [-0.05, 0) is 31.9 Å². The van der Waals surface area contributed by atoms with E-state index < -0.39 is 17.4 Å². The lowest BCUT2D eigenvalue weighted by molar-refractivity contribution is -0.146. The van der Waals surface area contributed by atoms with Crippen LogP contribution in [0.25, 0.3) is 6.08 Å². The molecule has 19 heavy (non-hydrogen) atoms. The fourth-order valence-electron chi connectivity index (χ4n) is 1.55. The normalized spacial score (nSPS) is 14.1. The molecule has 1 amide bonds. The van der Waals surface area contributed by atoms with Gasteiger partial charge in [-0.1, -0.05) is 36.8 Å². The fraction of sp³-hybridized carbons (Fsp3) is 0.333. The number of hydrogen-bond donors (Lipinski definition) is 2. The lowest BCUT2D eigenvalue weighted by atomic mass is 9.99. The van der Waals surface area contributed by atoms with E-state index in [-0.39, 0.29) is 0 Å². The molecule has 0 aliphatic heterocycles. The molecule has 0 heterocycles. The van der Waals surface area contributed by atoms with E-state index in [0.717, 1.165) is 11.1 Å². The number of carbonyl (C=O) groups is 2. The Morgan fingerprint density at radius 3 is 2.63 bits per heavy atom. The van der Waals surface area contributed by atoms with Gasteiger partial charge in [-0.25, -0.2) is 4.79 Å². The predicted molar refractivity (Wildman–Crippen MR) is 74.7 cm³/mol. The van der Waals surface area contributed by atoms with Crippen molar-refractivity contribution >= 4 is 18.0 Å². The van der Waals surface area contributed by atoms with Gasteiger partial charge in [0.1, 0.15) is 5.54 Å². The molecule has 4 nitrogen and oxygen atoms in total. The van der Waals surface area contributed by atoms with E-state index in [1.54, 1.807) is 13.0 Å². The van der Waals surface area contributed by atoms with Crippen molar-refractivity contribution in [2.45, 2.75) is 32.7 Å². The van der Waals surface area contributed by atoms with Gasteiger partial charge in [-0.2, -0.15) is 0 Å². The maximum absolute atomic E-state index is 11.7. The first-order chi connectivity index (χ1) is 8.87. The van der Waals surface area contributed by atoms with Crippen LogP contribution in [0.2, 0.25) is 0 Å². The van der Waals surface area contributed by atoms with Gasteiger partial charge in [-0.3, -0.25) is 4.79 Å². The fourth-order valence-corrected chi connectivity index (χ4v) is 1.55. The van der Waals surface area contributed by atoms with Gasteiger partial charge in [-0.15, -0.1) is 0 Å². The Morgan fingerprint density at radius 1 is 1.42 bits per heavy atom. The van der Waals surface area contributed by atoms with Gasteiger partial charge in [0.15, 0.2) is 0 Å². The van der Waals surface area contributed by atoms with Gasteiger partial charge in [0, 0.05) is 6.08 Å². The van der Waals surface area contributed by atoms with E-state index in [1.165, 1.54) is 13.0 Å².